The van der Waals surface area contributed by atoms with Crippen molar-refractivity contribution in [1.82, 2.24) is 19.3 Å². The van der Waals surface area contributed by atoms with E-state index >= 15 is 0 Å². The van der Waals surface area contributed by atoms with E-state index in [0.717, 1.165) is 35.0 Å². The molecular formula is C16H25ClN4. The van der Waals surface area contributed by atoms with E-state index < -0.39 is 0 Å². The van der Waals surface area contributed by atoms with Crippen LogP contribution in [0.2, 0.25) is 0 Å². The van der Waals surface area contributed by atoms with Gasteiger partial charge < -0.3 is 4.57 Å². The minimum Gasteiger partial charge on any atom is -0.309 e. The van der Waals surface area contributed by atoms with E-state index in [2.05, 4.69) is 23.5 Å². The monoisotopic (exact) mass is 308 g/mol. The van der Waals surface area contributed by atoms with Gasteiger partial charge in [-0.1, -0.05) is 26.7 Å². The maximum Gasteiger partial charge on any atom is 0.158 e. The molecule has 0 spiro atoms. The zero-order valence-electron chi connectivity index (χ0n) is 13.4. The number of nitrogens with zero attached hydrogens (tertiary/aromatic N) is 4. The van der Waals surface area contributed by atoms with E-state index in [1.807, 2.05) is 18.7 Å². The maximum atomic E-state index is 6.43. The van der Waals surface area contributed by atoms with Gasteiger partial charge in [-0.3, -0.25) is 4.68 Å². The average Bonchev–Trinajstić information content (AvgIpc) is 2.97. The molecule has 3 unspecified atom stereocenters. The lowest BCUT2D eigenvalue weighted by molar-refractivity contribution is 0.280. The summed E-state index contributed by atoms with van der Waals surface area (Å²) in [4.78, 5) is 4.85. The number of hydrogen-bond acceptors (Lipinski definition) is 2. The molecular weight excluding hydrogens is 284 g/mol. The molecule has 0 radical (unpaired) electrons. The normalized spacial score (nSPS) is 24.6. The smallest absolute Gasteiger partial charge is 0.158 e. The summed E-state index contributed by atoms with van der Waals surface area (Å²) in [6.07, 6.45) is 5.98. The van der Waals surface area contributed by atoms with Crippen molar-refractivity contribution in [2.24, 2.45) is 13.0 Å². The third-order valence-corrected chi connectivity index (χ3v) is 4.92. The molecule has 1 aliphatic rings. The van der Waals surface area contributed by atoms with Crippen molar-refractivity contribution in [2.75, 3.05) is 0 Å². The van der Waals surface area contributed by atoms with Crippen LogP contribution in [0.4, 0.5) is 0 Å². The number of halogens is 1. The molecule has 1 aliphatic carbocycles. The van der Waals surface area contributed by atoms with Gasteiger partial charge in [-0.25, -0.2) is 4.98 Å². The van der Waals surface area contributed by atoms with Crippen molar-refractivity contribution in [3.8, 4) is 0 Å². The Kier molecular flexibility index (Phi) is 4.00. The van der Waals surface area contributed by atoms with Crippen LogP contribution in [0.15, 0.2) is 0 Å². The molecule has 116 valence electrons. The van der Waals surface area contributed by atoms with E-state index in [1.165, 1.54) is 25.7 Å². The molecule has 1 saturated carbocycles. The fraction of sp³-hybridized carbons (Fsp3) is 0.750. The lowest BCUT2D eigenvalue weighted by Gasteiger charge is -2.29. The summed E-state index contributed by atoms with van der Waals surface area (Å²) in [5, 5.41) is 4.56. The highest BCUT2D eigenvalue weighted by Crippen LogP contribution is 2.38. The first-order valence-corrected chi connectivity index (χ1v) is 8.54. The molecule has 2 aromatic heterocycles. The zero-order valence-corrected chi connectivity index (χ0v) is 14.2. The van der Waals surface area contributed by atoms with Crippen molar-refractivity contribution in [3.05, 3.63) is 11.5 Å². The fourth-order valence-electron chi connectivity index (χ4n) is 3.73. The first kappa shape index (κ1) is 14.9. The SMILES string of the molecule is CCc1nn(C)c2c1nc(C(C)Cl)n2C1CCCC(C)C1. The van der Waals surface area contributed by atoms with Crippen LogP contribution in [0, 0.1) is 5.92 Å². The first-order valence-electron chi connectivity index (χ1n) is 8.10. The van der Waals surface area contributed by atoms with Crippen LogP contribution < -0.4 is 0 Å². The van der Waals surface area contributed by atoms with Crippen LogP contribution >= 0.6 is 11.6 Å². The van der Waals surface area contributed by atoms with Gasteiger partial charge in [-0.05, 0) is 32.1 Å². The predicted molar refractivity (Wildman–Crippen MR) is 86.8 cm³/mol. The topological polar surface area (TPSA) is 35.6 Å². The molecule has 2 aromatic rings. The number of aromatic nitrogens is 4. The molecule has 3 rings (SSSR count). The Morgan fingerprint density at radius 1 is 1.38 bits per heavy atom. The average molecular weight is 309 g/mol. The number of hydrogen-bond donors (Lipinski definition) is 0. The van der Waals surface area contributed by atoms with Crippen LogP contribution in [-0.2, 0) is 13.5 Å². The van der Waals surface area contributed by atoms with Crippen LogP contribution in [0.3, 0.4) is 0 Å². The summed E-state index contributed by atoms with van der Waals surface area (Å²) in [5.74, 6) is 1.78. The number of imidazole rings is 1. The molecule has 4 nitrogen and oxygen atoms in total. The van der Waals surface area contributed by atoms with Crippen LogP contribution in [0.25, 0.3) is 11.2 Å². The Labute approximate surface area is 131 Å². The predicted octanol–water partition coefficient (Wildman–Crippen LogP) is 4.38. The first-order chi connectivity index (χ1) is 10.0. The summed E-state index contributed by atoms with van der Waals surface area (Å²) in [6, 6.07) is 0.509. The molecule has 0 N–H and O–H groups in total. The highest BCUT2D eigenvalue weighted by atomic mass is 35.5. The van der Waals surface area contributed by atoms with Gasteiger partial charge in [0.25, 0.3) is 0 Å². The molecule has 0 bridgehead atoms. The van der Waals surface area contributed by atoms with Crippen LogP contribution in [0.5, 0.6) is 0 Å². The van der Waals surface area contributed by atoms with Gasteiger partial charge in [-0.2, -0.15) is 5.10 Å². The van der Waals surface area contributed by atoms with Crippen molar-refractivity contribution in [3.63, 3.8) is 0 Å². The summed E-state index contributed by atoms with van der Waals surface area (Å²) in [7, 11) is 2.02. The van der Waals surface area contributed by atoms with Gasteiger partial charge in [0.2, 0.25) is 0 Å². The Morgan fingerprint density at radius 3 is 2.76 bits per heavy atom. The summed E-state index contributed by atoms with van der Waals surface area (Å²) >= 11 is 6.43. The van der Waals surface area contributed by atoms with Gasteiger partial charge in [0, 0.05) is 13.1 Å². The Balaban J connectivity index is 2.18. The van der Waals surface area contributed by atoms with E-state index in [0.29, 0.717) is 6.04 Å². The molecule has 2 heterocycles. The summed E-state index contributed by atoms with van der Waals surface area (Å²) in [5.41, 5.74) is 3.27. The standard InChI is InChI=1S/C16H25ClN4/c1-5-13-14-16(20(4)19-13)21(15(18-14)11(3)17)12-8-6-7-10(2)9-12/h10-12H,5-9H2,1-4H3. The molecule has 0 amide bonds. The number of alkyl halides is 1. The third kappa shape index (κ3) is 2.48. The zero-order chi connectivity index (χ0) is 15.1. The minimum atomic E-state index is -0.0701. The van der Waals surface area contributed by atoms with Gasteiger partial charge in [0.1, 0.15) is 11.3 Å². The highest BCUT2D eigenvalue weighted by molar-refractivity contribution is 6.20. The van der Waals surface area contributed by atoms with Crippen LogP contribution in [0.1, 0.15) is 69.4 Å². The Bertz CT molecular complexity index is 640. The Morgan fingerprint density at radius 2 is 2.14 bits per heavy atom. The molecule has 0 aromatic carbocycles. The molecule has 5 heteroatoms. The van der Waals surface area contributed by atoms with Gasteiger partial charge in [0.15, 0.2) is 5.65 Å². The van der Waals surface area contributed by atoms with Crippen molar-refractivity contribution in [2.45, 2.75) is 64.3 Å². The van der Waals surface area contributed by atoms with E-state index in [9.17, 15) is 0 Å². The van der Waals surface area contributed by atoms with Gasteiger partial charge in [-0.15, -0.1) is 11.6 Å². The highest BCUT2D eigenvalue weighted by Gasteiger charge is 2.28. The quantitative estimate of drug-likeness (QED) is 0.789. The molecule has 21 heavy (non-hydrogen) atoms. The summed E-state index contributed by atoms with van der Waals surface area (Å²) in [6.45, 7) is 6.50. The van der Waals surface area contributed by atoms with Crippen molar-refractivity contribution in [1.29, 1.82) is 0 Å². The number of rotatable bonds is 3. The molecule has 3 atom stereocenters. The van der Waals surface area contributed by atoms with Gasteiger partial charge in [0.05, 0.1) is 11.1 Å². The second-order valence-corrected chi connectivity index (χ2v) is 7.13. The second-order valence-electron chi connectivity index (χ2n) is 6.48. The summed E-state index contributed by atoms with van der Waals surface area (Å²) < 4.78 is 4.37. The Hall–Kier alpha value is -1.03. The van der Waals surface area contributed by atoms with Crippen molar-refractivity contribution >= 4 is 22.8 Å². The van der Waals surface area contributed by atoms with Gasteiger partial charge >= 0.3 is 0 Å². The third-order valence-electron chi connectivity index (χ3n) is 4.73. The van der Waals surface area contributed by atoms with Crippen LogP contribution in [-0.4, -0.2) is 19.3 Å². The minimum absolute atomic E-state index is 0.0701. The van der Waals surface area contributed by atoms with E-state index in [1.54, 1.807) is 0 Å². The lowest BCUT2D eigenvalue weighted by Crippen LogP contribution is -2.21. The molecule has 0 aliphatic heterocycles. The van der Waals surface area contributed by atoms with E-state index in [-0.39, 0.29) is 5.38 Å². The molecule has 0 saturated heterocycles. The fourth-order valence-corrected chi connectivity index (χ4v) is 3.89. The largest absolute Gasteiger partial charge is 0.309 e. The van der Waals surface area contributed by atoms with Crippen molar-refractivity contribution < 1.29 is 0 Å². The van der Waals surface area contributed by atoms with E-state index in [4.69, 9.17) is 16.6 Å². The maximum absolute atomic E-state index is 6.43. The number of aryl methyl sites for hydroxylation is 2. The molecule has 1 fully saturated rings. The second kappa shape index (κ2) is 5.64. The number of fused-ring (bicyclic) bond motifs is 1. The lowest BCUT2D eigenvalue weighted by atomic mass is 9.87.